The van der Waals surface area contributed by atoms with Crippen LogP contribution in [0.1, 0.15) is 60.8 Å². The molecular formula is C16H31N. The van der Waals surface area contributed by atoms with Crippen LogP contribution in [0, 0.1) is 28.6 Å². The molecule has 0 spiro atoms. The van der Waals surface area contributed by atoms with E-state index >= 15 is 0 Å². The average molecular weight is 237 g/mol. The number of rotatable bonds is 3. The van der Waals surface area contributed by atoms with Gasteiger partial charge >= 0.3 is 0 Å². The Hall–Kier alpha value is -0.0400. The van der Waals surface area contributed by atoms with Crippen molar-refractivity contribution >= 4 is 0 Å². The molecule has 0 aromatic rings. The molecule has 1 heteroatoms. The van der Waals surface area contributed by atoms with Crippen molar-refractivity contribution < 1.29 is 0 Å². The topological polar surface area (TPSA) is 12.0 Å². The molecule has 2 aliphatic carbocycles. The zero-order valence-corrected chi connectivity index (χ0v) is 12.6. The van der Waals surface area contributed by atoms with Crippen molar-refractivity contribution in [3.63, 3.8) is 0 Å². The fourth-order valence-corrected chi connectivity index (χ4v) is 3.93. The minimum atomic E-state index is 0.531. The van der Waals surface area contributed by atoms with E-state index in [1.807, 2.05) is 0 Å². The number of hydrogen-bond acceptors (Lipinski definition) is 1. The van der Waals surface area contributed by atoms with E-state index in [2.05, 4.69) is 46.9 Å². The second kappa shape index (κ2) is 4.26. The van der Waals surface area contributed by atoms with Crippen LogP contribution < -0.4 is 5.32 Å². The Morgan fingerprint density at radius 1 is 1.00 bits per heavy atom. The maximum atomic E-state index is 3.87. The summed E-state index contributed by atoms with van der Waals surface area (Å²) in [6.45, 7) is 15.7. The normalized spacial score (nSPS) is 40.2. The van der Waals surface area contributed by atoms with Gasteiger partial charge in [0.25, 0.3) is 0 Å². The van der Waals surface area contributed by atoms with E-state index in [4.69, 9.17) is 0 Å². The Morgan fingerprint density at radius 3 is 2.12 bits per heavy atom. The molecule has 2 fully saturated rings. The molecule has 0 bridgehead atoms. The lowest BCUT2D eigenvalue weighted by atomic mass is 9.80. The molecule has 100 valence electrons. The molecule has 2 rings (SSSR count). The lowest BCUT2D eigenvalue weighted by Gasteiger charge is -2.33. The van der Waals surface area contributed by atoms with Gasteiger partial charge in [0, 0.05) is 6.04 Å². The highest BCUT2D eigenvalue weighted by Gasteiger charge is 2.63. The molecule has 3 unspecified atom stereocenters. The van der Waals surface area contributed by atoms with Crippen molar-refractivity contribution in [3.8, 4) is 0 Å². The largest absolute Gasteiger partial charge is 0.313 e. The summed E-state index contributed by atoms with van der Waals surface area (Å²) in [5.74, 6) is 2.65. The highest BCUT2D eigenvalue weighted by molar-refractivity contribution is 5.13. The average Bonchev–Trinajstić information content (AvgIpc) is 2.60. The van der Waals surface area contributed by atoms with Crippen LogP contribution in [-0.4, -0.2) is 12.6 Å². The molecule has 0 saturated heterocycles. The van der Waals surface area contributed by atoms with E-state index in [1.165, 1.54) is 25.8 Å². The van der Waals surface area contributed by atoms with Gasteiger partial charge in [-0.3, -0.25) is 0 Å². The summed E-state index contributed by atoms with van der Waals surface area (Å²) in [6.07, 6.45) is 4.23. The molecule has 2 saturated carbocycles. The maximum absolute atomic E-state index is 3.87. The van der Waals surface area contributed by atoms with Crippen LogP contribution in [0.5, 0.6) is 0 Å². The zero-order valence-electron chi connectivity index (χ0n) is 12.6. The summed E-state index contributed by atoms with van der Waals surface area (Å²) < 4.78 is 0. The van der Waals surface area contributed by atoms with Crippen LogP contribution in [-0.2, 0) is 0 Å². The molecule has 1 nitrogen and oxygen atoms in total. The number of nitrogens with one attached hydrogen (secondary N) is 1. The van der Waals surface area contributed by atoms with Crippen molar-refractivity contribution in [2.75, 3.05) is 6.54 Å². The molecule has 0 amide bonds. The van der Waals surface area contributed by atoms with Crippen LogP contribution in [0.25, 0.3) is 0 Å². The fraction of sp³-hybridized carbons (Fsp3) is 1.00. The van der Waals surface area contributed by atoms with Crippen molar-refractivity contribution in [2.24, 2.45) is 28.6 Å². The van der Waals surface area contributed by atoms with E-state index in [1.54, 1.807) is 0 Å². The van der Waals surface area contributed by atoms with E-state index in [0.717, 1.165) is 23.8 Å². The summed E-state index contributed by atoms with van der Waals surface area (Å²) in [5.41, 5.74) is 1.06. The zero-order chi connectivity index (χ0) is 12.8. The van der Waals surface area contributed by atoms with Gasteiger partial charge in [0.15, 0.2) is 0 Å². The van der Waals surface area contributed by atoms with Gasteiger partial charge in [0.05, 0.1) is 0 Å². The first-order chi connectivity index (χ1) is 7.76. The van der Waals surface area contributed by atoms with Gasteiger partial charge in [-0.25, -0.2) is 0 Å². The monoisotopic (exact) mass is 237 g/mol. The van der Waals surface area contributed by atoms with Crippen molar-refractivity contribution in [2.45, 2.75) is 66.8 Å². The van der Waals surface area contributed by atoms with Crippen LogP contribution in [0.2, 0.25) is 0 Å². The third-order valence-electron chi connectivity index (χ3n) is 6.36. The third kappa shape index (κ3) is 2.28. The first-order valence-corrected chi connectivity index (χ1v) is 7.50. The van der Waals surface area contributed by atoms with Gasteiger partial charge in [-0.1, -0.05) is 48.0 Å². The van der Waals surface area contributed by atoms with Gasteiger partial charge in [0.2, 0.25) is 0 Å². The Labute approximate surface area is 108 Å². The third-order valence-corrected chi connectivity index (χ3v) is 6.36. The van der Waals surface area contributed by atoms with E-state index < -0.39 is 0 Å². The molecule has 0 radical (unpaired) electrons. The minimum Gasteiger partial charge on any atom is -0.313 e. The first kappa shape index (κ1) is 13.4. The second-order valence-electron chi connectivity index (χ2n) is 7.91. The van der Waals surface area contributed by atoms with Crippen molar-refractivity contribution in [3.05, 3.63) is 0 Å². The smallest absolute Gasteiger partial charge is 0.00953 e. The van der Waals surface area contributed by atoms with Gasteiger partial charge in [-0.15, -0.1) is 0 Å². The van der Waals surface area contributed by atoms with Crippen molar-refractivity contribution in [1.82, 2.24) is 5.32 Å². The van der Waals surface area contributed by atoms with Gasteiger partial charge in [0.1, 0.15) is 0 Å². The number of hydrogen-bond donors (Lipinski definition) is 1. The highest BCUT2D eigenvalue weighted by atomic mass is 15.0. The SMILES string of the molecule is CC1CCC(C)C(NCC2C(C)(C)C2(C)C)C1. The molecule has 0 aromatic carbocycles. The summed E-state index contributed by atoms with van der Waals surface area (Å²) >= 11 is 0. The Balaban J connectivity index is 1.83. The predicted molar refractivity (Wildman–Crippen MR) is 75.0 cm³/mol. The predicted octanol–water partition coefficient (Wildman–Crippen LogP) is 4.08. The highest BCUT2D eigenvalue weighted by Crippen LogP contribution is 2.68. The Bertz CT molecular complexity index is 265. The first-order valence-electron chi connectivity index (χ1n) is 7.50. The summed E-state index contributed by atoms with van der Waals surface area (Å²) in [7, 11) is 0. The van der Waals surface area contributed by atoms with E-state index in [9.17, 15) is 0 Å². The van der Waals surface area contributed by atoms with Crippen molar-refractivity contribution in [1.29, 1.82) is 0 Å². The molecular weight excluding hydrogens is 206 g/mol. The lowest BCUT2D eigenvalue weighted by molar-refractivity contribution is 0.224. The van der Waals surface area contributed by atoms with Gasteiger partial charge < -0.3 is 5.32 Å². The van der Waals surface area contributed by atoms with E-state index in [-0.39, 0.29) is 0 Å². The van der Waals surface area contributed by atoms with E-state index in [0.29, 0.717) is 10.8 Å². The van der Waals surface area contributed by atoms with Gasteiger partial charge in [-0.05, 0) is 48.0 Å². The summed E-state index contributed by atoms with van der Waals surface area (Å²) in [5, 5.41) is 3.87. The molecule has 0 heterocycles. The van der Waals surface area contributed by atoms with Gasteiger partial charge in [-0.2, -0.15) is 0 Å². The fourth-order valence-electron chi connectivity index (χ4n) is 3.93. The standard InChI is InChI=1S/C16H31N/c1-11-7-8-12(2)13(9-11)17-10-14-15(3,4)16(14,5)6/h11-14,17H,7-10H2,1-6H3. The summed E-state index contributed by atoms with van der Waals surface area (Å²) in [6, 6.07) is 0.769. The quantitative estimate of drug-likeness (QED) is 0.780. The molecule has 0 aliphatic heterocycles. The second-order valence-corrected chi connectivity index (χ2v) is 7.91. The summed E-state index contributed by atoms with van der Waals surface area (Å²) in [4.78, 5) is 0. The molecule has 3 atom stereocenters. The Morgan fingerprint density at radius 2 is 1.59 bits per heavy atom. The van der Waals surface area contributed by atoms with Crippen LogP contribution >= 0.6 is 0 Å². The van der Waals surface area contributed by atoms with Crippen LogP contribution in [0.15, 0.2) is 0 Å². The molecule has 0 aromatic heterocycles. The maximum Gasteiger partial charge on any atom is 0.00953 e. The van der Waals surface area contributed by atoms with Crippen LogP contribution in [0.4, 0.5) is 0 Å². The molecule has 17 heavy (non-hydrogen) atoms. The molecule has 1 N–H and O–H groups in total. The Kier molecular flexibility index (Phi) is 3.36. The molecule has 2 aliphatic rings. The van der Waals surface area contributed by atoms with Crippen LogP contribution in [0.3, 0.4) is 0 Å². The minimum absolute atomic E-state index is 0.531. The lowest BCUT2D eigenvalue weighted by Crippen LogP contribution is -2.40.